The van der Waals surface area contributed by atoms with Crippen molar-refractivity contribution in [1.82, 2.24) is 10.4 Å². The number of aliphatic hydroxyl groups excluding tert-OH is 1. The van der Waals surface area contributed by atoms with Gasteiger partial charge in [-0.2, -0.15) is 0 Å². The number of hydrogen-bond donors (Lipinski definition) is 2. The van der Waals surface area contributed by atoms with Gasteiger partial charge < -0.3 is 5.11 Å². The molecule has 1 atom stereocenters. The van der Waals surface area contributed by atoms with Gasteiger partial charge in [0.05, 0.1) is 6.61 Å². The molecular formula is C5H12N2O. The van der Waals surface area contributed by atoms with Crippen LogP contribution in [0.25, 0.3) is 0 Å². The molecule has 2 N–H and O–H groups in total. The van der Waals surface area contributed by atoms with Crippen LogP contribution in [0.1, 0.15) is 6.42 Å². The van der Waals surface area contributed by atoms with Crippen LogP contribution < -0.4 is 5.43 Å². The summed E-state index contributed by atoms with van der Waals surface area (Å²) in [5, 5.41) is 10.6. The smallest absolute Gasteiger partial charge is 0.0601 e. The quantitative estimate of drug-likeness (QED) is 0.470. The fraction of sp³-hybridized carbons (Fsp3) is 1.00. The fourth-order valence-corrected chi connectivity index (χ4v) is 0.944. The third-order valence-corrected chi connectivity index (χ3v) is 1.60. The molecular weight excluding hydrogens is 104 g/mol. The van der Waals surface area contributed by atoms with Gasteiger partial charge in [0.1, 0.15) is 0 Å². The molecule has 1 heterocycles. The van der Waals surface area contributed by atoms with Crippen molar-refractivity contribution in [1.29, 1.82) is 0 Å². The maximum atomic E-state index is 8.65. The maximum absolute atomic E-state index is 8.65. The molecule has 1 fully saturated rings. The lowest BCUT2D eigenvalue weighted by Crippen LogP contribution is -2.34. The summed E-state index contributed by atoms with van der Waals surface area (Å²) in [7, 11) is 1.95. The van der Waals surface area contributed by atoms with Crippen LogP contribution in [-0.4, -0.2) is 36.4 Å². The van der Waals surface area contributed by atoms with Gasteiger partial charge >= 0.3 is 0 Å². The Bertz CT molecular complexity index is 76.8. The first kappa shape index (κ1) is 6.01. The van der Waals surface area contributed by atoms with E-state index in [2.05, 4.69) is 5.43 Å². The first-order valence-electron chi connectivity index (χ1n) is 2.92. The average molecular weight is 116 g/mol. The molecule has 1 aliphatic rings. The normalized spacial score (nSPS) is 31.5. The fourth-order valence-electron chi connectivity index (χ4n) is 0.944. The van der Waals surface area contributed by atoms with Crippen molar-refractivity contribution in [2.24, 2.45) is 0 Å². The predicted molar refractivity (Wildman–Crippen MR) is 31.3 cm³/mol. The minimum atomic E-state index is 0.267. The number of nitrogens with one attached hydrogen (secondary N) is 1. The van der Waals surface area contributed by atoms with Crippen LogP contribution in [0.3, 0.4) is 0 Å². The summed E-state index contributed by atoms with van der Waals surface area (Å²) >= 11 is 0. The molecule has 0 amide bonds. The lowest BCUT2D eigenvalue weighted by molar-refractivity contribution is 0.151. The van der Waals surface area contributed by atoms with Crippen LogP contribution in [-0.2, 0) is 0 Å². The molecule has 0 aromatic carbocycles. The number of hydrogen-bond acceptors (Lipinski definition) is 3. The van der Waals surface area contributed by atoms with Crippen molar-refractivity contribution < 1.29 is 5.11 Å². The molecule has 3 nitrogen and oxygen atoms in total. The zero-order chi connectivity index (χ0) is 5.98. The summed E-state index contributed by atoms with van der Waals surface area (Å²) in [6.45, 7) is 1.27. The Labute approximate surface area is 49.3 Å². The van der Waals surface area contributed by atoms with Gasteiger partial charge in [-0.25, -0.2) is 5.01 Å². The number of rotatable bonds is 1. The maximum Gasteiger partial charge on any atom is 0.0601 e. The molecule has 8 heavy (non-hydrogen) atoms. The second-order valence-electron chi connectivity index (χ2n) is 2.14. The molecule has 48 valence electrons. The van der Waals surface area contributed by atoms with Gasteiger partial charge in [0, 0.05) is 19.6 Å². The van der Waals surface area contributed by atoms with E-state index < -0.39 is 0 Å². The van der Waals surface area contributed by atoms with Gasteiger partial charge in [-0.3, -0.25) is 5.43 Å². The van der Waals surface area contributed by atoms with E-state index in [1.54, 1.807) is 0 Å². The van der Waals surface area contributed by atoms with Gasteiger partial charge in [-0.05, 0) is 6.42 Å². The van der Waals surface area contributed by atoms with E-state index in [1.807, 2.05) is 12.1 Å². The van der Waals surface area contributed by atoms with E-state index in [1.165, 1.54) is 0 Å². The van der Waals surface area contributed by atoms with Crippen molar-refractivity contribution in [3.8, 4) is 0 Å². The van der Waals surface area contributed by atoms with Gasteiger partial charge in [0.25, 0.3) is 0 Å². The van der Waals surface area contributed by atoms with Crippen molar-refractivity contribution in [3.63, 3.8) is 0 Å². The number of nitrogens with zero attached hydrogens (tertiary/aromatic N) is 1. The SMILES string of the molecule is CN1NCCC1CO. The van der Waals surface area contributed by atoms with E-state index in [0.29, 0.717) is 6.04 Å². The van der Waals surface area contributed by atoms with Crippen molar-refractivity contribution >= 4 is 0 Å². The zero-order valence-corrected chi connectivity index (χ0v) is 5.09. The highest BCUT2D eigenvalue weighted by Crippen LogP contribution is 2.03. The minimum Gasteiger partial charge on any atom is -0.395 e. The summed E-state index contributed by atoms with van der Waals surface area (Å²) in [4.78, 5) is 0. The van der Waals surface area contributed by atoms with Crippen LogP contribution in [0.2, 0.25) is 0 Å². The van der Waals surface area contributed by atoms with Gasteiger partial charge in [-0.15, -0.1) is 0 Å². The summed E-state index contributed by atoms with van der Waals surface area (Å²) in [5.41, 5.74) is 3.09. The second kappa shape index (κ2) is 2.44. The number of hydrazine groups is 1. The van der Waals surface area contributed by atoms with Gasteiger partial charge in [0.2, 0.25) is 0 Å². The molecule has 0 radical (unpaired) electrons. The molecule has 1 aliphatic heterocycles. The Morgan fingerprint density at radius 2 is 2.62 bits per heavy atom. The molecule has 1 saturated heterocycles. The number of likely N-dealkylation sites (N-methyl/N-ethyl adjacent to an activating group) is 1. The van der Waals surface area contributed by atoms with E-state index in [-0.39, 0.29) is 6.61 Å². The molecule has 0 saturated carbocycles. The van der Waals surface area contributed by atoms with E-state index in [4.69, 9.17) is 5.11 Å². The van der Waals surface area contributed by atoms with Crippen LogP contribution >= 0.6 is 0 Å². The predicted octanol–water partition coefficient (Wildman–Crippen LogP) is -0.813. The molecule has 0 aromatic heterocycles. The van der Waals surface area contributed by atoms with Crippen LogP contribution in [0, 0.1) is 0 Å². The Hall–Kier alpha value is -0.120. The highest BCUT2D eigenvalue weighted by atomic mass is 16.3. The largest absolute Gasteiger partial charge is 0.395 e. The van der Waals surface area contributed by atoms with E-state index >= 15 is 0 Å². The molecule has 0 aliphatic carbocycles. The monoisotopic (exact) mass is 116 g/mol. The molecule has 1 unspecified atom stereocenters. The number of aliphatic hydroxyl groups is 1. The first-order chi connectivity index (χ1) is 3.84. The molecule has 0 bridgehead atoms. The summed E-state index contributed by atoms with van der Waals surface area (Å²) < 4.78 is 0. The third-order valence-electron chi connectivity index (χ3n) is 1.60. The minimum absolute atomic E-state index is 0.267. The Morgan fingerprint density at radius 3 is 2.88 bits per heavy atom. The molecule has 1 rings (SSSR count). The second-order valence-corrected chi connectivity index (χ2v) is 2.14. The van der Waals surface area contributed by atoms with Crippen LogP contribution in [0.5, 0.6) is 0 Å². The Balaban J connectivity index is 2.30. The first-order valence-corrected chi connectivity index (χ1v) is 2.92. The Kier molecular flexibility index (Phi) is 1.83. The highest BCUT2D eigenvalue weighted by Gasteiger charge is 2.18. The van der Waals surface area contributed by atoms with Crippen molar-refractivity contribution in [2.75, 3.05) is 20.2 Å². The lowest BCUT2D eigenvalue weighted by Gasteiger charge is -2.15. The van der Waals surface area contributed by atoms with Crippen LogP contribution in [0.15, 0.2) is 0 Å². The highest BCUT2D eigenvalue weighted by molar-refractivity contribution is 4.71. The average Bonchev–Trinajstić information content (AvgIpc) is 2.14. The summed E-state index contributed by atoms with van der Waals surface area (Å²) in [5.74, 6) is 0. The van der Waals surface area contributed by atoms with Crippen molar-refractivity contribution in [3.05, 3.63) is 0 Å². The Morgan fingerprint density at radius 1 is 1.88 bits per heavy atom. The standard InChI is InChI=1S/C5H12N2O/c1-7-5(4-8)2-3-6-7/h5-6,8H,2-4H2,1H3. The van der Waals surface area contributed by atoms with E-state index in [0.717, 1.165) is 13.0 Å². The summed E-state index contributed by atoms with van der Waals surface area (Å²) in [6, 6.07) is 0.343. The molecule has 0 aromatic rings. The lowest BCUT2D eigenvalue weighted by atomic mass is 10.2. The van der Waals surface area contributed by atoms with Gasteiger partial charge in [0.15, 0.2) is 0 Å². The van der Waals surface area contributed by atoms with Gasteiger partial charge in [-0.1, -0.05) is 0 Å². The topological polar surface area (TPSA) is 35.5 Å². The van der Waals surface area contributed by atoms with E-state index in [9.17, 15) is 0 Å². The molecule has 0 spiro atoms. The van der Waals surface area contributed by atoms with Crippen molar-refractivity contribution in [2.45, 2.75) is 12.5 Å². The summed E-state index contributed by atoms with van der Waals surface area (Å²) in [6.07, 6.45) is 1.06. The molecule has 3 heteroatoms. The third kappa shape index (κ3) is 0.992. The zero-order valence-electron chi connectivity index (χ0n) is 5.09. The van der Waals surface area contributed by atoms with Crippen LogP contribution in [0.4, 0.5) is 0 Å².